The predicted molar refractivity (Wildman–Crippen MR) is 60.9 cm³/mol. The Kier molecular flexibility index (Phi) is 2.47. The summed E-state index contributed by atoms with van der Waals surface area (Å²) in [6.45, 7) is 2.81. The highest BCUT2D eigenvalue weighted by molar-refractivity contribution is 14.1. The van der Waals surface area contributed by atoms with Crippen LogP contribution in [0.15, 0.2) is 12.1 Å². The first kappa shape index (κ1) is 9.27. The number of hydrogen-bond donors (Lipinski definition) is 1. The van der Waals surface area contributed by atoms with Gasteiger partial charge in [-0.15, -0.1) is 0 Å². The molecule has 0 radical (unpaired) electrons. The SMILES string of the molecule is Cc1ccc(I)c2c1OCC[C@@H]2N. The number of nitrogens with two attached hydrogens (primary N) is 1. The van der Waals surface area contributed by atoms with Crippen molar-refractivity contribution in [3.8, 4) is 5.75 Å². The van der Waals surface area contributed by atoms with Crippen LogP contribution in [-0.4, -0.2) is 6.61 Å². The van der Waals surface area contributed by atoms with E-state index in [4.69, 9.17) is 10.5 Å². The molecule has 1 heterocycles. The second kappa shape index (κ2) is 3.46. The second-order valence-electron chi connectivity index (χ2n) is 3.35. The van der Waals surface area contributed by atoms with Gasteiger partial charge in [0.15, 0.2) is 0 Å². The molecule has 1 atom stereocenters. The first-order chi connectivity index (χ1) is 6.20. The highest BCUT2D eigenvalue weighted by atomic mass is 127. The Balaban J connectivity index is 2.60. The highest BCUT2D eigenvalue weighted by Crippen LogP contribution is 2.36. The molecule has 3 heteroatoms. The number of fused-ring (bicyclic) bond motifs is 1. The van der Waals surface area contributed by atoms with Crippen LogP contribution in [0.25, 0.3) is 0 Å². The highest BCUT2D eigenvalue weighted by Gasteiger charge is 2.21. The van der Waals surface area contributed by atoms with Crippen LogP contribution >= 0.6 is 22.6 Å². The topological polar surface area (TPSA) is 35.2 Å². The smallest absolute Gasteiger partial charge is 0.128 e. The fourth-order valence-corrected chi connectivity index (χ4v) is 2.48. The van der Waals surface area contributed by atoms with Crippen LogP contribution in [0, 0.1) is 10.5 Å². The Bertz CT molecular complexity index is 338. The normalized spacial score (nSPS) is 20.7. The van der Waals surface area contributed by atoms with Gasteiger partial charge >= 0.3 is 0 Å². The predicted octanol–water partition coefficient (Wildman–Crippen LogP) is 2.38. The second-order valence-corrected chi connectivity index (χ2v) is 4.51. The molecule has 0 amide bonds. The lowest BCUT2D eigenvalue weighted by molar-refractivity contribution is 0.266. The molecule has 70 valence electrons. The van der Waals surface area contributed by atoms with Gasteiger partial charge in [-0.05, 0) is 41.1 Å². The van der Waals surface area contributed by atoms with Crippen LogP contribution in [-0.2, 0) is 0 Å². The molecule has 0 aromatic heterocycles. The monoisotopic (exact) mass is 289 g/mol. The van der Waals surface area contributed by atoms with Crippen LogP contribution in [0.5, 0.6) is 5.75 Å². The van der Waals surface area contributed by atoms with Gasteiger partial charge in [0, 0.05) is 21.6 Å². The quantitative estimate of drug-likeness (QED) is 0.744. The molecule has 1 aliphatic heterocycles. The van der Waals surface area contributed by atoms with Crippen molar-refractivity contribution >= 4 is 22.6 Å². The Morgan fingerprint density at radius 3 is 3.00 bits per heavy atom. The first-order valence-electron chi connectivity index (χ1n) is 4.37. The molecule has 0 saturated heterocycles. The van der Waals surface area contributed by atoms with Gasteiger partial charge in [-0.3, -0.25) is 0 Å². The van der Waals surface area contributed by atoms with Crippen LogP contribution < -0.4 is 10.5 Å². The van der Waals surface area contributed by atoms with Gasteiger partial charge in [0.25, 0.3) is 0 Å². The average Bonchev–Trinajstić information content (AvgIpc) is 2.12. The lowest BCUT2D eigenvalue weighted by atomic mass is 9.99. The molecule has 2 nitrogen and oxygen atoms in total. The molecule has 2 N–H and O–H groups in total. The number of halogens is 1. The van der Waals surface area contributed by atoms with Crippen LogP contribution in [0.4, 0.5) is 0 Å². The molecular formula is C10H12INO. The van der Waals surface area contributed by atoms with E-state index in [9.17, 15) is 0 Å². The van der Waals surface area contributed by atoms with Crippen LogP contribution in [0.2, 0.25) is 0 Å². The van der Waals surface area contributed by atoms with Gasteiger partial charge in [0.1, 0.15) is 5.75 Å². The van der Waals surface area contributed by atoms with E-state index in [0.29, 0.717) is 0 Å². The summed E-state index contributed by atoms with van der Waals surface area (Å²) in [6.07, 6.45) is 0.923. The Hall–Kier alpha value is -0.290. The maximum Gasteiger partial charge on any atom is 0.128 e. The molecule has 0 bridgehead atoms. The third-order valence-corrected chi connectivity index (χ3v) is 3.33. The first-order valence-corrected chi connectivity index (χ1v) is 5.45. The van der Waals surface area contributed by atoms with Crippen molar-refractivity contribution in [2.45, 2.75) is 19.4 Å². The number of hydrogen-bond acceptors (Lipinski definition) is 2. The standard InChI is InChI=1S/C10H12INO/c1-6-2-3-7(11)9-8(12)4-5-13-10(6)9/h2-3,8H,4-5,12H2,1H3/t8-/m0/s1. The van der Waals surface area contributed by atoms with Crippen molar-refractivity contribution in [2.24, 2.45) is 5.73 Å². The number of rotatable bonds is 0. The summed E-state index contributed by atoms with van der Waals surface area (Å²) in [6, 6.07) is 4.33. The zero-order valence-electron chi connectivity index (χ0n) is 7.51. The van der Waals surface area contributed by atoms with E-state index in [0.717, 1.165) is 18.8 Å². The van der Waals surface area contributed by atoms with E-state index in [1.54, 1.807) is 0 Å². The number of aryl methyl sites for hydroxylation is 1. The molecule has 1 aromatic rings. The van der Waals surface area contributed by atoms with Crippen molar-refractivity contribution < 1.29 is 4.74 Å². The summed E-state index contributed by atoms with van der Waals surface area (Å²) in [5, 5.41) is 0. The Morgan fingerprint density at radius 1 is 1.54 bits per heavy atom. The zero-order valence-corrected chi connectivity index (χ0v) is 9.67. The Morgan fingerprint density at radius 2 is 2.31 bits per heavy atom. The summed E-state index contributed by atoms with van der Waals surface area (Å²) in [4.78, 5) is 0. The lowest BCUT2D eigenvalue weighted by Crippen LogP contribution is -2.22. The molecule has 13 heavy (non-hydrogen) atoms. The van der Waals surface area contributed by atoms with Crippen molar-refractivity contribution in [3.63, 3.8) is 0 Å². The third kappa shape index (κ3) is 1.55. The van der Waals surface area contributed by atoms with Gasteiger partial charge in [0.2, 0.25) is 0 Å². The van der Waals surface area contributed by atoms with Gasteiger partial charge in [-0.1, -0.05) is 6.07 Å². The summed E-state index contributed by atoms with van der Waals surface area (Å²) < 4.78 is 6.83. The van der Waals surface area contributed by atoms with E-state index >= 15 is 0 Å². The minimum Gasteiger partial charge on any atom is -0.493 e. The lowest BCUT2D eigenvalue weighted by Gasteiger charge is -2.25. The van der Waals surface area contributed by atoms with Crippen molar-refractivity contribution in [1.82, 2.24) is 0 Å². The third-order valence-electron chi connectivity index (χ3n) is 2.39. The zero-order chi connectivity index (χ0) is 9.42. The fraction of sp³-hybridized carbons (Fsp3) is 0.400. The molecular weight excluding hydrogens is 277 g/mol. The minimum atomic E-state index is 0.149. The van der Waals surface area contributed by atoms with Crippen LogP contribution in [0.1, 0.15) is 23.6 Å². The van der Waals surface area contributed by atoms with Gasteiger partial charge in [0.05, 0.1) is 6.61 Å². The van der Waals surface area contributed by atoms with E-state index in [1.165, 1.54) is 14.7 Å². The van der Waals surface area contributed by atoms with Gasteiger partial charge < -0.3 is 10.5 Å². The molecule has 0 aliphatic carbocycles. The van der Waals surface area contributed by atoms with E-state index in [2.05, 4.69) is 41.6 Å². The average molecular weight is 289 g/mol. The van der Waals surface area contributed by atoms with E-state index in [1.807, 2.05) is 0 Å². The molecule has 1 aromatic carbocycles. The molecule has 0 saturated carbocycles. The van der Waals surface area contributed by atoms with Crippen molar-refractivity contribution in [3.05, 3.63) is 26.8 Å². The maximum absolute atomic E-state index is 6.03. The molecule has 1 aliphatic rings. The van der Waals surface area contributed by atoms with E-state index in [-0.39, 0.29) is 6.04 Å². The summed E-state index contributed by atoms with van der Waals surface area (Å²) in [7, 11) is 0. The van der Waals surface area contributed by atoms with Crippen LogP contribution in [0.3, 0.4) is 0 Å². The molecule has 2 rings (SSSR count). The summed E-state index contributed by atoms with van der Waals surface area (Å²) in [5.74, 6) is 1.01. The fourth-order valence-electron chi connectivity index (χ4n) is 1.65. The van der Waals surface area contributed by atoms with Gasteiger partial charge in [-0.25, -0.2) is 0 Å². The largest absolute Gasteiger partial charge is 0.493 e. The summed E-state index contributed by atoms with van der Waals surface area (Å²) in [5.41, 5.74) is 8.40. The minimum absolute atomic E-state index is 0.149. The molecule has 0 fully saturated rings. The summed E-state index contributed by atoms with van der Waals surface area (Å²) >= 11 is 2.32. The molecule has 0 spiro atoms. The molecule has 0 unspecified atom stereocenters. The van der Waals surface area contributed by atoms with Gasteiger partial charge in [-0.2, -0.15) is 0 Å². The Labute approximate surface area is 91.6 Å². The van der Waals surface area contributed by atoms with E-state index < -0.39 is 0 Å². The number of ether oxygens (including phenoxy) is 1. The van der Waals surface area contributed by atoms with Crippen molar-refractivity contribution in [2.75, 3.05) is 6.61 Å². The number of benzene rings is 1. The van der Waals surface area contributed by atoms with Crippen molar-refractivity contribution in [1.29, 1.82) is 0 Å². The maximum atomic E-state index is 6.03.